The lowest BCUT2D eigenvalue weighted by atomic mass is 10.0. The predicted octanol–water partition coefficient (Wildman–Crippen LogP) is 3.50. The summed E-state index contributed by atoms with van der Waals surface area (Å²) in [5.74, 6) is 0.551. The topological polar surface area (TPSA) is 81.8 Å². The number of aliphatic hydroxyl groups excluding tert-OH is 1. The summed E-state index contributed by atoms with van der Waals surface area (Å²) in [7, 11) is 0. The van der Waals surface area contributed by atoms with Crippen molar-refractivity contribution in [2.24, 2.45) is 5.73 Å². The van der Waals surface area contributed by atoms with Crippen LogP contribution in [0, 0.1) is 0 Å². The number of anilines is 2. The molecule has 1 heterocycles. The molecule has 4 N–H and O–H groups in total. The van der Waals surface area contributed by atoms with Gasteiger partial charge < -0.3 is 21.1 Å². The molecule has 2 amide bonds. The van der Waals surface area contributed by atoms with E-state index in [9.17, 15) is 9.90 Å². The molecule has 0 bridgehead atoms. The molecule has 1 aliphatic heterocycles. The third kappa shape index (κ3) is 6.34. The molecular weight excluding hydrogens is 376 g/mol. The van der Waals surface area contributed by atoms with Crippen molar-refractivity contribution in [2.45, 2.75) is 25.9 Å². The summed E-state index contributed by atoms with van der Waals surface area (Å²) in [5, 5.41) is 12.9. The minimum Gasteiger partial charge on any atom is -0.388 e. The normalized spacial score (nSPS) is 16.2. The van der Waals surface area contributed by atoms with Gasteiger partial charge in [-0.1, -0.05) is 50.3 Å². The second kappa shape index (κ2) is 10.3. The van der Waals surface area contributed by atoms with Crippen LogP contribution in [0.1, 0.15) is 30.9 Å². The number of nitrogens with one attached hydrogen (secondary N) is 1. The van der Waals surface area contributed by atoms with E-state index in [1.54, 1.807) is 12.1 Å². The van der Waals surface area contributed by atoms with Crippen LogP contribution in [-0.2, 0) is 0 Å². The van der Waals surface area contributed by atoms with Crippen molar-refractivity contribution in [1.29, 1.82) is 0 Å². The largest absolute Gasteiger partial charge is 0.388 e. The fourth-order valence-corrected chi connectivity index (χ4v) is 3.63. The van der Waals surface area contributed by atoms with E-state index >= 15 is 0 Å². The minimum absolute atomic E-state index is 0.523. The molecule has 2 aromatic rings. The molecule has 1 aliphatic rings. The Labute approximate surface area is 179 Å². The average Bonchev–Trinajstić information content (AvgIpc) is 2.73. The van der Waals surface area contributed by atoms with E-state index in [0.29, 0.717) is 18.2 Å². The van der Waals surface area contributed by atoms with Gasteiger partial charge in [0.1, 0.15) is 0 Å². The lowest BCUT2D eigenvalue weighted by Gasteiger charge is -2.36. The number of rotatable bonds is 7. The van der Waals surface area contributed by atoms with Crippen molar-refractivity contribution >= 4 is 23.5 Å². The van der Waals surface area contributed by atoms with E-state index in [2.05, 4.69) is 53.2 Å². The number of carbonyl (C=O) groups excluding carboxylic acids is 1. The minimum atomic E-state index is -0.582. The second-order valence-electron chi connectivity index (χ2n) is 8.07. The van der Waals surface area contributed by atoms with Crippen LogP contribution in [0.5, 0.6) is 0 Å². The summed E-state index contributed by atoms with van der Waals surface area (Å²) < 4.78 is 0. The quantitative estimate of drug-likeness (QED) is 0.655. The number of benzene rings is 2. The molecule has 0 aromatic heterocycles. The van der Waals surface area contributed by atoms with E-state index in [4.69, 9.17) is 5.73 Å². The van der Waals surface area contributed by atoms with Gasteiger partial charge in [0.25, 0.3) is 0 Å². The summed E-state index contributed by atoms with van der Waals surface area (Å²) in [5.41, 5.74) is 9.35. The molecule has 0 aliphatic carbocycles. The molecule has 30 heavy (non-hydrogen) atoms. The number of carbonyl (C=O) groups is 1. The van der Waals surface area contributed by atoms with Gasteiger partial charge in [0.2, 0.25) is 0 Å². The Morgan fingerprint density at radius 1 is 1.07 bits per heavy atom. The molecule has 6 nitrogen and oxygen atoms in total. The van der Waals surface area contributed by atoms with Crippen molar-refractivity contribution in [3.05, 3.63) is 65.7 Å². The maximum Gasteiger partial charge on any atom is 0.316 e. The first-order valence-electron chi connectivity index (χ1n) is 10.5. The van der Waals surface area contributed by atoms with Crippen molar-refractivity contribution < 1.29 is 9.90 Å². The number of piperazine rings is 1. The fourth-order valence-electron chi connectivity index (χ4n) is 3.63. The number of urea groups is 1. The lowest BCUT2D eigenvalue weighted by Crippen LogP contribution is -2.48. The zero-order valence-electron chi connectivity index (χ0n) is 17.8. The summed E-state index contributed by atoms with van der Waals surface area (Å²) in [6.07, 6.45) is 3.18. The Bertz CT molecular complexity index is 839. The number of aliphatic hydroxyl groups is 1. The Hall–Kier alpha value is -2.83. The van der Waals surface area contributed by atoms with Gasteiger partial charge in [-0.25, -0.2) is 4.79 Å². The molecule has 0 unspecified atom stereocenters. The van der Waals surface area contributed by atoms with E-state index in [-0.39, 0.29) is 0 Å². The van der Waals surface area contributed by atoms with Crippen molar-refractivity contribution in [3.63, 3.8) is 0 Å². The number of β-amino-alcohol motifs (C(OH)–C–C–N with tert-alkyl or cyclic N) is 1. The first kappa shape index (κ1) is 21.9. The molecule has 0 spiro atoms. The van der Waals surface area contributed by atoms with Crippen LogP contribution in [-0.4, -0.2) is 54.9 Å². The van der Waals surface area contributed by atoms with Gasteiger partial charge in [-0.2, -0.15) is 0 Å². The highest BCUT2D eigenvalue weighted by Gasteiger charge is 2.18. The highest BCUT2D eigenvalue weighted by Crippen LogP contribution is 2.21. The molecule has 3 rings (SSSR count). The molecule has 2 aromatic carbocycles. The third-order valence-corrected chi connectivity index (χ3v) is 5.43. The van der Waals surface area contributed by atoms with E-state index in [1.165, 1.54) is 11.3 Å². The first-order chi connectivity index (χ1) is 14.4. The standard InChI is InChI=1S/C24H32N4O2/c1-18(2)20-6-10-22(11-7-20)28-15-13-27(14-16-28)17-23(29)12-5-19-3-8-21(9-4-19)26-24(25)30/h3-12,18,23,29H,13-17H2,1-2H3,(H3,25,26,30)/b12-5+/t23-/m0/s1. The van der Waals surface area contributed by atoms with Gasteiger partial charge in [0.15, 0.2) is 0 Å². The summed E-state index contributed by atoms with van der Waals surface area (Å²) in [6, 6.07) is 15.6. The van der Waals surface area contributed by atoms with E-state index < -0.39 is 12.1 Å². The highest BCUT2D eigenvalue weighted by atomic mass is 16.3. The predicted molar refractivity (Wildman–Crippen MR) is 124 cm³/mol. The Morgan fingerprint density at radius 2 is 1.70 bits per heavy atom. The first-order valence-corrected chi connectivity index (χ1v) is 10.5. The number of primary amides is 1. The zero-order valence-corrected chi connectivity index (χ0v) is 17.8. The van der Waals surface area contributed by atoms with Crippen molar-refractivity contribution in [2.75, 3.05) is 42.9 Å². The number of hydrogen-bond acceptors (Lipinski definition) is 4. The van der Waals surface area contributed by atoms with Crippen LogP contribution in [0.4, 0.5) is 16.2 Å². The second-order valence-corrected chi connectivity index (χ2v) is 8.07. The van der Waals surface area contributed by atoms with Crippen LogP contribution in [0.15, 0.2) is 54.6 Å². The number of nitrogens with zero attached hydrogens (tertiary/aromatic N) is 2. The lowest BCUT2D eigenvalue weighted by molar-refractivity contribution is 0.142. The summed E-state index contributed by atoms with van der Waals surface area (Å²) in [4.78, 5) is 15.6. The van der Waals surface area contributed by atoms with Crippen LogP contribution < -0.4 is 16.0 Å². The van der Waals surface area contributed by atoms with Crippen molar-refractivity contribution in [1.82, 2.24) is 4.90 Å². The summed E-state index contributed by atoms with van der Waals surface area (Å²) in [6.45, 7) is 8.85. The van der Waals surface area contributed by atoms with E-state index in [0.717, 1.165) is 31.7 Å². The molecule has 0 radical (unpaired) electrons. The molecular formula is C24H32N4O2. The van der Waals surface area contributed by atoms with Gasteiger partial charge in [-0.05, 0) is 41.3 Å². The third-order valence-electron chi connectivity index (χ3n) is 5.43. The molecule has 1 fully saturated rings. The fraction of sp³-hybridized carbons (Fsp3) is 0.375. The molecule has 1 atom stereocenters. The molecule has 1 saturated heterocycles. The Balaban J connectivity index is 1.45. The smallest absolute Gasteiger partial charge is 0.316 e. The number of amides is 2. The molecule has 0 saturated carbocycles. The summed E-state index contributed by atoms with van der Waals surface area (Å²) >= 11 is 0. The maximum atomic E-state index is 10.9. The van der Waals surface area contributed by atoms with Gasteiger partial charge >= 0.3 is 6.03 Å². The van der Waals surface area contributed by atoms with Gasteiger partial charge in [0, 0.05) is 44.1 Å². The molecule has 160 valence electrons. The SMILES string of the molecule is CC(C)c1ccc(N2CCN(C[C@@H](O)/C=C/c3ccc(NC(N)=O)cc3)CC2)cc1. The number of hydrogen-bond donors (Lipinski definition) is 3. The van der Waals surface area contributed by atoms with Gasteiger partial charge in [0.05, 0.1) is 6.10 Å². The van der Waals surface area contributed by atoms with Gasteiger partial charge in [-0.15, -0.1) is 0 Å². The average molecular weight is 409 g/mol. The van der Waals surface area contributed by atoms with E-state index in [1.807, 2.05) is 24.3 Å². The van der Waals surface area contributed by atoms with Gasteiger partial charge in [-0.3, -0.25) is 4.90 Å². The van der Waals surface area contributed by atoms with Crippen LogP contribution in [0.3, 0.4) is 0 Å². The molecule has 6 heteroatoms. The zero-order chi connectivity index (χ0) is 21.5. The number of nitrogens with two attached hydrogens (primary N) is 1. The Kier molecular flexibility index (Phi) is 7.49. The maximum absolute atomic E-state index is 10.9. The monoisotopic (exact) mass is 408 g/mol. The van der Waals surface area contributed by atoms with Crippen molar-refractivity contribution in [3.8, 4) is 0 Å². The highest BCUT2D eigenvalue weighted by molar-refractivity contribution is 5.87. The van der Waals surface area contributed by atoms with Crippen LogP contribution in [0.2, 0.25) is 0 Å². The van der Waals surface area contributed by atoms with Crippen LogP contribution >= 0.6 is 0 Å². The Morgan fingerprint density at radius 3 is 2.27 bits per heavy atom. The van der Waals surface area contributed by atoms with Crippen LogP contribution in [0.25, 0.3) is 6.08 Å².